The van der Waals surface area contributed by atoms with Gasteiger partial charge in [0.25, 0.3) is 5.91 Å². The van der Waals surface area contributed by atoms with Gasteiger partial charge in [0.05, 0.1) is 35.0 Å². The Morgan fingerprint density at radius 2 is 1.74 bits per heavy atom. The van der Waals surface area contributed by atoms with Crippen molar-refractivity contribution >= 4 is 39.1 Å². The third-order valence-electron chi connectivity index (χ3n) is 4.28. The van der Waals surface area contributed by atoms with Crippen molar-refractivity contribution in [3.05, 3.63) is 83.3 Å². The number of nitrogens with one attached hydrogen (secondary N) is 3. The summed E-state index contributed by atoms with van der Waals surface area (Å²) < 4.78 is 32.4. The summed E-state index contributed by atoms with van der Waals surface area (Å²) in [5.41, 5.74) is 0.483. The molecular weight excluding hydrogens is 442 g/mol. The first-order valence-corrected chi connectivity index (χ1v) is 11.1. The molecule has 3 rings (SSSR count). The van der Waals surface area contributed by atoms with Gasteiger partial charge in [-0.1, -0.05) is 23.7 Å². The van der Waals surface area contributed by atoms with Crippen LogP contribution < -0.4 is 15.4 Å². The molecular formula is C21H20ClN3O5S. The lowest BCUT2D eigenvalue weighted by atomic mass is 10.1. The average molecular weight is 462 g/mol. The van der Waals surface area contributed by atoms with Gasteiger partial charge in [0, 0.05) is 5.02 Å². The van der Waals surface area contributed by atoms with E-state index in [1.54, 1.807) is 36.4 Å². The van der Waals surface area contributed by atoms with Crippen molar-refractivity contribution in [1.82, 2.24) is 10.0 Å². The first-order chi connectivity index (χ1) is 14.8. The summed E-state index contributed by atoms with van der Waals surface area (Å²) in [5, 5.41) is 5.69. The molecule has 0 radical (unpaired) electrons. The molecule has 1 heterocycles. The highest BCUT2D eigenvalue weighted by molar-refractivity contribution is 7.89. The van der Waals surface area contributed by atoms with Crippen LogP contribution in [0.1, 0.15) is 23.0 Å². The molecule has 0 aliphatic carbocycles. The minimum absolute atomic E-state index is 0.0192. The van der Waals surface area contributed by atoms with E-state index in [1.165, 1.54) is 37.5 Å². The molecule has 8 nitrogen and oxygen atoms in total. The van der Waals surface area contributed by atoms with Crippen molar-refractivity contribution in [3.8, 4) is 0 Å². The molecule has 0 unspecified atom stereocenters. The molecule has 0 bridgehead atoms. The lowest BCUT2D eigenvalue weighted by molar-refractivity contribution is -0.117. The fourth-order valence-electron chi connectivity index (χ4n) is 2.67. The summed E-state index contributed by atoms with van der Waals surface area (Å²) >= 11 is 5.78. The fraction of sp³-hybridized carbons (Fsp3) is 0.143. The van der Waals surface area contributed by atoms with E-state index in [4.69, 9.17) is 16.0 Å². The van der Waals surface area contributed by atoms with Crippen LogP contribution in [0.5, 0.6) is 0 Å². The summed E-state index contributed by atoms with van der Waals surface area (Å²) in [6, 6.07) is 14.3. The van der Waals surface area contributed by atoms with Crippen LogP contribution in [0, 0.1) is 0 Å². The van der Waals surface area contributed by atoms with Gasteiger partial charge < -0.3 is 15.1 Å². The van der Waals surface area contributed by atoms with Crippen LogP contribution >= 0.6 is 11.6 Å². The Labute approximate surface area is 184 Å². The number of hydrogen-bond acceptors (Lipinski definition) is 5. The summed E-state index contributed by atoms with van der Waals surface area (Å²) in [7, 11) is -3.93. The molecule has 10 heteroatoms. The van der Waals surface area contributed by atoms with Crippen molar-refractivity contribution in [3.63, 3.8) is 0 Å². The summed E-state index contributed by atoms with van der Waals surface area (Å²) in [4.78, 5) is 25.1. The second-order valence-corrected chi connectivity index (χ2v) is 8.74. The molecule has 162 valence electrons. The monoisotopic (exact) mass is 461 g/mol. The molecule has 2 amide bonds. The fourth-order valence-corrected chi connectivity index (χ4v) is 4.00. The number of sulfonamides is 1. The van der Waals surface area contributed by atoms with Crippen molar-refractivity contribution in [1.29, 1.82) is 0 Å². The molecule has 2 aromatic carbocycles. The normalized spacial score (nSPS) is 12.2. The van der Waals surface area contributed by atoms with Gasteiger partial charge in [-0.15, -0.1) is 0 Å². The Balaban J connectivity index is 1.67. The molecule has 0 spiro atoms. The SMILES string of the molecule is C[C@H](NS(=O)(=O)c1ccc(Cl)cc1)C(=O)Nc1ccccc1C(=O)NCc1ccco1. The first kappa shape index (κ1) is 22.5. The van der Waals surface area contributed by atoms with Crippen molar-refractivity contribution < 1.29 is 22.4 Å². The molecule has 31 heavy (non-hydrogen) atoms. The Morgan fingerprint density at radius 1 is 1.03 bits per heavy atom. The molecule has 0 aliphatic heterocycles. The number of halogens is 1. The number of para-hydroxylation sites is 1. The molecule has 0 saturated carbocycles. The predicted molar refractivity (Wildman–Crippen MR) is 116 cm³/mol. The largest absolute Gasteiger partial charge is 0.467 e. The first-order valence-electron chi connectivity index (χ1n) is 9.24. The van der Waals surface area contributed by atoms with Crippen molar-refractivity contribution in [2.24, 2.45) is 0 Å². The quantitative estimate of drug-likeness (QED) is 0.476. The zero-order chi connectivity index (χ0) is 22.4. The minimum Gasteiger partial charge on any atom is -0.467 e. The van der Waals surface area contributed by atoms with Crippen molar-refractivity contribution in [2.45, 2.75) is 24.4 Å². The number of rotatable bonds is 8. The van der Waals surface area contributed by atoms with E-state index >= 15 is 0 Å². The molecule has 0 saturated heterocycles. The number of benzene rings is 2. The van der Waals surface area contributed by atoms with E-state index in [9.17, 15) is 18.0 Å². The smallest absolute Gasteiger partial charge is 0.253 e. The van der Waals surface area contributed by atoms with Crippen LogP contribution in [0.4, 0.5) is 5.69 Å². The van der Waals surface area contributed by atoms with E-state index in [2.05, 4.69) is 15.4 Å². The maximum atomic E-state index is 12.6. The van der Waals surface area contributed by atoms with E-state index in [0.29, 0.717) is 10.8 Å². The lowest BCUT2D eigenvalue weighted by Crippen LogP contribution is -2.41. The Kier molecular flexibility index (Phi) is 7.11. The predicted octanol–water partition coefficient (Wildman–Crippen LogP) is 3.17. The van der Waals surface area contributed by atoms with E-state index in [-0.39, 0.29) is 22.7 Å². The maximum Gasteiger partial charge on any atom is 0.253 e. The zero-order valence-electron chi connectivity index (χ0n) is 16.5. The van der Waals surface area contributed by atoms with Gasteiger partial charge in [-0.2, -0.15) is 4.72 Å². The average Bonchev–Trinajstić information content (AvgIpc) is 3.26. The van der Waals surface area contributed by atoms with E-state index < -0.39 is 27.9 Å². The number of carbonyl (C=O) groups is 2. The Morgan fingerprint density at radius 3 is 2.42 bits per heavy atom. The van der Waals surface area contributed by atoms with Gasteiger partial charge in [-0.3, -0.25) is 9.59 Å². The maximum absolute atomic E-state index is 12.6. The van der Waals surface area contributed by atoms with Gasteiger partial charge >= 0.3 is 0 Å². The van der Waals surface area contributed by atoms with E-state index in [0.717, 1.165) is 0 Å². The topological polar surface area (TPSA) is 118 Å². The number of hydrogen-bond donors (Lipinski definition) is 3. The summed E-state index contributed by atoms with van der Waals surface area (Å²) in [6.45, 7) is 1.59. The second-order valence-electron chi connectivity index (χ2n) is 6.59. The summed E-state index contributed by atoms with van der Waals surface area (Å²) in [6.07, 6.45) is 1.50. The third kappa shape index (κ3) is 5.94. The third-order valence-corrected chi connectivity index (χ3v) is 6.09. The highest BCUT2D eigenvalue weighted by atomic mass is 35.5. The number of anilines is 1. The number of carbonyl (C=O) groups excluding carboxylic acids is 2. The molecule has 1 atom stereocenters. The van der Waals surface area contributed by atoms with E-state index in [1.807, 2.05) is 0 Å². The van der Waals surface area contributed by atoms with Crippen LogP contribution in [0.2, 0.25) is 5.02 Å². The van der Waals surface area contributed by atoms with Gasteiger partial charge in [0.1, 0.15) is 5.76 Å². The second kappa shape index (κ2) is 9.78. The molecule has 3 N–H and O–H groups in total. The van der Waals surface area contributed by atoms with Gasteiger partial charge in [-0.25, -0.2) is 8.42 Å². The van der Waals surface area contributed by atoms with Crippen LogP contribution in [0.3, 0.4) is 0 Å². The van der Waals surface area contributed by atoms with Gasteiger partial charge in [0.2, 0.25) is 15.9 Å². The highest BCUT2D eigenvalue weighted by Crippen LogP contribution is 2.17. The zero-order valence-corrected chi connectivity index (χ0v) is 18.0. The summed E-state index contributed by atoms with van der Waals surface area (Å²) in [5.74, 6) is -0.453. The van der Waals surface area contributed by atoms with Crippen LogP contribution in [0.25, 0.3) is 0 Å². The standard InChI is InChI=1S/C21H20ClN3O5S/c1-14(25-31(28,29)17-10-8-15(22)9-11-17)20(26)24-19-7-3-2-6-18(19)21(27)23-13-16-5-4-12-30-16/h2-12,14,25H,13H2,1H3,(H,23,27)(H,24,26)/t14-/m0/s1. The Bertz CT molecular complexity index is 1160. The number of furan rings is 1. The molecule has 3 aromatic rings. The molecule has 0 aliphatic rings. The lowest BCUT2D eigenvalue weighted by Gasteiger charge is -2.16. The van der Waals surface area contributed by atoms with Crippen LogP contribution in [-0.2, 0) is 21.4 Å². The highest BCUT2D eigenvalue weighted by Gasteiger charge is 2.23. The molecule has 1 aromatic heterocycles. The number of amides is 2. The Hall–Kier alpha value is -3.14. The van der Waals surface area contributed by atoms with Gasteiger partial charge in [-0.05, 0) is 55.5 Å². The van der Waals surface area contributed by atoms with Crippen molar-refractivity contribution in [2.75, 3.05) is 5.32 Å². The minimum atomic E-state index is -3.93. The van der Waals surface area contributed by atoms with Crippen LogP contribution in [-0.4, -0.2) is 26.3 Å². The van der Waals surface area contributed by atoms with Crippen LogP contribution in [0.15, 0.2) is 76.2 Å². The molecule has 0 fully saturated rings. The van der Waals surface area contributed by atoms with Gasteiger partial charge in [0.15, 0.2) is 0 Å².